The van der Waals surface area contributed by atoms with Gasteiger partial charge in [0.2, 0.25) is 11.8 Å². The summed E-state index contributed by atoms with van der Waals surface area (Å²) < 4.78 is 7.75. The zero-order valence-corrected chi connectivity index (χ0v) is 17.5. The monoisotopic (exact) mass is 420 g/mol. The summed E-state index contributed by atoms with van der Waals surface area (Å²) >= 11 is 0. The average Bonchev–Trinajstić information content (AvgIpc) is 3.22. The van der Waals surface area contributed by atoms with Crippen LogP contribution < -0.4 is 15.4 Å². The molecule has 0 saturated heterocycles. The van der Waals surface area contributed by atoms with Gasteiger partial charge >= 0.3 is 0 Å². The summed E-state index contributed by atoms with van der Waals surface area (Å²) in [5, 5.41) is 5.75. The summed E-state index contributed by atoms with van der Waals surface area (Å²) in [6.45, 7) is 0.732. The first-order valence-electron chi connectivity index (χ1n) is 10.9. The third-order valence-corrected chi connectivity index (χ3v) is 5.57. The molecule has 2 heterocycles. The molecule has 1 aliphatic carbocycles. The largest absolute Gasteiger partial charge is 0.487 e. The van der Waals surface area contributed by atoms with Gasteiger partial charge in [-0.3, -0.25) is 9.59 Å². The summed E-state index contributed by atoms with van der Waals surface area (Å²) in [5.74, 6) is 0.779. The van der Waals surface area contributed by atoms with Gasteiger partial charge in [0.25, 0.3) is 0 Å². The molecule has 1 saturated carbocycles. The predicted molar refractivity (Wildman–Crippen MR) is 119 cm³/mol. The van der Waals surface area contributed by atoms with Crippen LogP contribution in [0.25, 0.3) is 5.65 Å². The van der Waals surface area contributed by atoms with E-state index in [1.54, 1.807) is 12.1 Å². The van der Waals surface area contributed by atoms with Crippen molar-refractivity contribution in [3.63, 3.8) is 0 Å². The molecule has 7 nitrogen and oxygen atoms in total. The van der Waals surface area contributed by atoms with Crippen molar-refractivity contribution in [2.75, 3.05) is 11.9 Å². The van der Waals surface area contributed by atoms with E-state index in [4.69, 9.17) is 4.74 Å². The minimum atomic E-state index is -0.123. The number of fused-ring (bicyclic) bond motifs is 1. The number of rotatable bonds is 8. The van der Waals surface area contributed by atoms with Gasteiger partial charge in [0.1, 0.15) is 18.0 Å². The van der Waals surface area contributed by atoms with Crippen LogP contribution in [0, 0.1) is 5.92 Å². The zero-order valence-electron chi connectivity index (χ0n) is 17.5. The molecule has 3 aromatic rings. The van der Waals surface area contributed by atoms with E-state index in [1.807, 2.05) is 47.1 Å². The first-order chi connectivity index (χ1) is 15.2. The highest BCUT2D eigenvalue weighted by Gasteiger charge is 2.20. The van der Waals surface area contributed by atoms with Crippen molar-refractivity contribution in [2.45, 2.75) is 45.1 Å². The molecular formula is C24H28N4O3. The maximum Gasteiger partial charge on any atom is 0.226 e. The lowest BCUT2D eigenvalue weighted by atomic mass is 9.89. The van der Waals surface area contributed by atoms with Crippen LogP contribution in [0.4, 0.5) is 5.69 Å². The second kappa shape index (κ2) is 10.1. The van der Waals surface area contributed by atoms with Crippen molar-refractivity contribution in [3.05, 3.63) is 60.6 Å². The van der Waals surface area contributed by atoms with Crippen molar-refractivity contribution in [1.29, 1.82) is 0 Å². The molecule has 162 valence electrons. The fraction of sp³-hybridized carbons (Fsp3) is 0.375. The summed E-state index contributed by atoms with van der Waals surface area (Å²) in [6.07, 6.45) is 9.53. The number of ether oxygens (including phenoxy) is 1. The topological polar surface area (TPSA) is 84.7 Å². The van der Waals surface area contributed by atoms with Gasteiger partial charge in [-0.15, -0.1) is 0 Å². The Balaban J connectivity index is 1.19. The van der Waals surface area contributed by atoms with Crippen LogP contribution in [0.5, 0.6) is 5.75 Å². The molecule has 0 aliphatic heterocycles. The quantitative estimate of drug-likeness (QED) is 0.578. The minimum Gasteiger partial charge on any atom is -0.487 e. The number of aromatic nitrogens is 2. The van der Waals surface area contributed by atoms with E-state index in [9.17, 15) is 9.59 Å². The predicted octanol–water partition coefficient (Wildman–Crippen LogP) is 3.94. The number of benzene rings is 1. The van der Waals surface area contributed by atoms with Gasteiger partial charge in [-0.05, 0) is 49.2 Å². The molecule has 2 aromatic heterocycles. The number of hydrogen-bond donors (Lipinski definition) is 2. The molecule has 2 amide bonds. The second-order valence-corrected chi connectivity index (χ2v) is 7.94. The maximum atomic E-state index is 12.1. The van der Waals surface area contributed by atoms with Crippen molar-refractivity contribution in [2.24, 2.45) is 5.92 Å². The standard InChI is InChI=1S/C24H28N4O3/c29-23(13-14-25-24(30)18-6-2-1-3-7-18)27-19-9-11-21(12-10-19)31-17-20-16-28-15-5-4-8-22(28)26-20/h4-5,8-12,15-16,18H,1-3,6-7,13-14,17H2,(H,25,30)(H,27,29). The summed E-state index contributed by atoms with van der Waals surface area (Å²) in [7, 11) is 0. The maximum absolute atomic E-state index is 12.1. The normalized spacial score (nSPS) is 14.3. The molecule has 0 spiro atoms. The van der Waals surface area contributed by atoms with Gasteiger partial charge in [-0.25, -0.2) is 4.98 Å². The average molecular weight is 421 g/mol. The summed E-state index contributed by atoms with van der Waals surface area (Å²) in [4.78, 5) is 28.8. The molecule has 7 heteroatoms. The Morgan fingerprint density at radius 2 is 1.87 bits per heavy atom. The fourth-order valence-electron chi connectivity index (χ4n) is 3.88. The van der Waals surface area contributed by atoms with Crippen LogP contribution >= 0.6 is 0 Å². The van der Waals surface area contributed by atoms with E-state index >= 15 is 0 Å². The zero-order chi connectivity index (χ0) is 21.5. The van der Waals surface area contributed by atoms with E-state index < -0.39 is 0 Å². The molecule has 0 bridgehead atoms. The van der Waals surface area contributed by atoms with E-state index in [2.05, 4.69) is 15.6 Å². The number of pyridine rings is 1. The molecule has 4 rings (SSSR count). The van der Waals surface area contributed by atoms with Crippen LogP contribution in [0.3, 0.4) is 0 Å². The number of imidazole rings is 1. The highest BCUT2D eigenvalue weighted by Crippen LogP contribution is 2.23. The van der Waals surface area contributed by atoms with E-state index in [0.29, 0.717) is 24.6 Å². The molecule has 1 aromatic carbocycles. The smallest absolute Gasteiger partial charge is 0.226 e. The Hall–Kier alpha value is -3.35. The Labute approximate surface area is 181 Å². The molecule has 2 N–H and O–H groups in total. The SMILES string of the molecule is O=C(CCNC(=O)C1CCCCC1)Nc1ccc(OCc2cn3ccccc3n2)cc1. The second-order valence-electron chi connectivity index (χ2n) is 7.94. The van der Waals surface area contributed by atoms with Crippen LogP contribution in [0.2, 0.25) is 0 Å². The third-order valence-electron chi connectivity index (χ3n) is 5.57. The van der Waals surface area contributed by atoms with Crippen molar-refractivity contribution < 1.29 is 14.3 Å². The van der Waals surface area contributed by atoms with E-state index in [1.165, 1.54) is 6.42 Å². The number of carbonyl (C=O) groups excluding carboxylic acids is 2. The number of anilines is 1. The summed E-state index contributed by atoms with van der Waals surface area (Å²) in [6, 6.07) is 13.1. The molecular weight excluding hydrogens is 392 g/mol. The lowest BCUT2D eigenvalue weighted by Gasteiger charge is -2.20. The van der Waals surface area contributed by atoms with Crippen LogP contribution in [-0.2, 0) is 16.2 Å². The number of hydrogen-bond acceptors (Lipinski definition) is 4. The van der Waals surface area contributed by atoms with E-state index in [-0.39, 0.29) is 24.2 Å². The van der Waals surface area contributed by atoms with Crippen LogP contribution in [0.1, 0.15) is 44.2 Å². The molecule has 31 heavy (non-hydrogen) atoms. The Morgan fingerprint density at radius 3 is 2.65 bits per heavy atom. The fourth-order valence-corrected chi connectivity index (χ4v) is 3.88. The minimum absolute atomic E-state index is 0.0830. The van der Waals surface area contributed by atoms with E-state index in [0.717, 1.165) is 37.0 Å². The van der Waals surface area contributed by atoms with Crippen molar-refractivity contribution >= 4 is 23.1 Å². The molecule has 0 unspecified atom stereocenters. The molecule has 1 fully saturated rings. The van der Waals surface area contributed by atoms with Gasteiger partial charge in [-0.1, -0.05) is 25.3 Å². The van der Waals surface area contributed by atoms with Crippen molar-refractivity contribution in [3.8, 4) is 5.75 Å². The van der Waals surface area contributed by atoms with Crippen molar-refractivity contribution in [1.82, 2.24) is 14.7 Å². The van der Waals surface area contributed by atoms with Gasteiger partial charge in [0.15, 0.2) is 0 Å². The van der Waals surface area contributed by atoms with Crippen LogP contribution in [0.15, 0.2) is 54.9 Å². The number of nitrogens with one attached hydrogen (secondary N) is 2. The first kappa shape index (κ1) is 20.9. The Morgan fingerprint density at radius 1 is 1.06 bits per heavy atom. The molecule has 0 radical (unpaired) electrons. The Bertz CT molecular complexity index is 990. The van der Waals surface area contributed by atoms with Crippen LogP contribution in [-0.4, -0.2) is 27.7 Å². The molecule has 0 atom stereocenters. The lowest BCUT2D eigenvalue weighted by Crippen LogP contribution is -2.34. The Kier molecular flexibility index (Phi) is 6.82. The highest BCUT2D eigenvalue weighted by atomic mass is 16.5. The highest BCUT2D eigenvalue weighted by molar-refractivity contribution is 5.91. The third kappa shape index (κ3) is 5.84. The van der Waals surface area contributed by atoms with Gasteiger partial charge < -0.3 is 19.8 Å². The first-order valence-corrected chi connectivity index (χ1v) is 10.9. The lowest BCUT2D eigenvalue weighted by molar-refractivity contribution is -0.126. The number of amides is 2. The van der Waals surface area contributed by atoms with Gasteiger partial charge in [-0.2, -0.15) is 0 Å². The van der Waals surface area contributed by atoms with Gasteiger partial charge in [0, 0.05) is 37.0 Å². The number of nitrogens with zero attached hydrogens (tertiary/aromatic N) is 2. The molecule has 1 aliphatic rings. The van der Waals surface area contributed by atoms with Gasteiger partial charge in [0.05, 0.1) is 5.69 Å². The number of carbonyl (C=O) groups is 2. The summed E-state index contributed by atoms with van der Waals surface area (Å²) in [5.41, 5.74) is 2.43.